The molecule has 6 nitrogen and oxygen atoms in total. The Labute approximate surface area is 135 Å². The van der Waals surface area contributed by atoms with E-state index >= 15 is 0 Å². The van der Waals surface area contributed by atoms with Crippen LogP contribution in [0.3, 0.4) is 0 Å². The van der Waals surface area contributed by atoms with Gasteiger partial charge in [0.1, 0.15) is 5.75 Å². The van der Waals surface area contributed by atoms with Gasteiger partial charge in [-0.15, -0.1) is 0 Å². The molecule has 4 rings (SSSR count). The number of benzene rings is 1. The summed E-state index contributed by atoms with van der Waals surface area (Å²) in [5.41, 5.74) is 1.30. The van der Waals surface area contributed by atoms with E-state index in [1.54, 1.807) is 7.11 Å². The number of carbonyl (C=O) groups excluding carboxylic acids is 1. The van der Waals surface area contributed by atoms with E-state index < -0.39 is 0 Å². The molecule has 3 atom stereocenters. The fourth-order valence-corrected chi connectivity index (χ4v) is 4.08. The Hall–Kier alpha value is -2.08. The van der Waals surface area contributed by atoms with Crippen molar-refractivity contribution in [2.45, 2.75) is 43.8 Å². The van der Waals surface area contributed by atoms with Gasteiger partial charge >= 0.3 is 0 Å². The van der Waals surface area contributed by atoms with Crippen LogP contribution in [0.4, 0.5) is 0 Å². The summed E-state index contributed by atoms with van der Waals surface area (Å²) in [5, 5.41) is 11.1. The number of fused-ring (bicyclic) bond motifs is 3. The molecule has 2 aliphatic rings. The SMILES string of the molecule is COc1ccc2[nH]nc(C(=O)NC3C[C@H]4CC[C@@H](C3)N4C)c2c1. The first-order valence-electron chi connectivity index (χ1n) is 8.20. The van der Waals surface area contributed by atoms with Crippen molar-refractivity contribution < 1.29 is 9.53 Å². The third-order valence-corrected chi connectivity index (χ3v) is 5.42. The van der Waals surface area contributed by atoms with Crippen LogP contribution in [0.5, 0.6) is 5.75 Å². The number of nitrogens with one attached hydrogen (secondary N) is 2. The summed E-state index contributed by atoms with van der Waals surface area (Å²) in [5.74, 6) is 0.628. The Bertz CT molecular complexity index is 727. The summed E-state index contributed by atoms with van der Waals surface area (Å²) >= 11 is 0. The number of H-pyrrole nitrogens is 1. The predicted molar refractivity (Wildman–Crippen MR) is 87.7 cm³/mol. The maximum atomic E-state index is 12.7. The molecule has 23 heavy (non-hydrogen) atoms. The van der Waals surface area contributed by atoms with Crippen molar-refractivity contribution in [1.82, 2.24) is 20.4 Å². The highest BCUT2D eigenvalue weighted by Gasteiger charge is 2.39. The maximum absolute atomic E-state index is 12.7. The van der Waals surface area contributed by atoms with Gasteiger partial charge < -0.3 is 15.0 Å². The highest BCUT2D eigenvalue weighted by Crippen LogP contribution is 2.34. The first kappa shape index (κ1) is 14.5. The second-order valence-electron chi connectivity index (χ2n) is 6.68. The topological polar surface area (TPSA) is 70.2 Å². The van der Waals surface area contributed by atoms with Crippen molar-refractivity contribution >= 4 is 16.8 Å². The highest BCUT2D eigenvalue weighted by atomic mass is 16.5. The molecule has 6 heteroatoms. The summed E-state index contributed by atoms with van der Waals surface area (Å²) < 4.78 is 5.25. The largest absolute Gasteiger partial charge is 0.497 e. The molecule has 1 aromatic carbocycles. The normalized spacial score (nSPS) is 27.3. The quantitative estimate of drug-likeness (QED) is 0.908. The summed E-state index contributed by atoms with van der Waals surface area (Å²) in [6.07, 6.45) is 4.56. The molecule has 0 spiro atoms. The molecule has 122 valence electrons. The Balaban J connectivity index is 1.53. The van der Waals surface area contributed by atoms with E-state index in [4.69, 9.17) is 4.74 Å². The Morgan fingerprint density at radius 1 is 1.35 bits per heavy atom. The van der Waals surface area contributed by atoms with Gasteiger partial charge in [-0.3, -0.25) is 9.89 Å². The molecule has 2 fully saturated rings. The van der Waals surface area contributed by atoms with Crippen molar-refractivity contribution in [3.8, 4) is 5.75 Å². The Morgan fingerprint density at radius 2 is 2.09 bits per heavy atom. The van der Waals surface area contributed by atoms with Crippen LogP contribution in [0.25, 0.3) is 10.9 Å². The number of methoxy groups -OCH3 is 1. The van der Waals surface area contributed by atoms with Crippen LogP contribution in [0.15, 0.2) is 18.2 Å². The van der Waals surface area contributed by atoms with E-state index in [1.165, 1.54) is 12.8 Å². The van der Waals surface area contributed by atoms with Gasteiger partial charge in [-0.05, 0) is 50.9 Å². The monoisotopic (exact) mass is 314 g/mol. The van der Waals surface area contributed by atoms with Gasteiger partial charge in [-0.25, -0.2) is 0 Å². The minimum absolute atomic E-state index is 0.0987. The van der Waals surface area contributed by atoms with Gasteiger partial charge in [0, 0.05) is 23.5 Å². The third kappa shape index (κ3) is 2.47. The molecular formula is C17H22N4O2. The average molecular weight is 314 g/mol. The van der Waals surface area contributed by atoms with E-state index in [0.717, 1.165) is 29.5 Å². The van der Waals surface area contributed by atoms with Crippen LogP contribution < -0.4 is 10.1 Å². The smallest absolute Gasteiger partial charge is 0.272 e. The number of ether oxygens (including phenoxy) is 1. The van der Waals surface area contributed by atoms with Crippen molar-refractivity contribution in [3.63, 3.8) is 0 Å². The van der Waals surface area contributed by atoms with Crippen molar-refractivity contribution in [1.29, 1.82) is 0 Å². The van der Waals surface area contributed by atoms with Gasteiger partial charge in [0.05, 0.1) is 12.6 Å². The number of hydrogen-bond acceptors (Lipinski definition) is 4. The fraction of sp³-hybridized carbons (Fsp3) is 0.529. The molecular weight excluding hydrogens is 292 g/mol. The Kier molecular flexibility index (Phi) is 3.49. The van der Waals surface area contributed by atoms with E-state index in [0.29, 0.717) is 17.8 Å². The first-order valence-corrected chi connectivity index (χ1v) is 8.20. The van der Waals surface area contributed by atoms with Gasteiger partial charge in [-0.2, -0.15) is 5.10 Å². The zero-order valence-corrected chi connectivity index (χ0v) is 13.5. The minimum Gasteiger partial charge on any atom is -0.497 e. The molecule has 2 N–H and O–H groups in total. The lowest BCUT2D eigenvalue weighted by Crippen LogP contribution is -2.48. The number of carbonyl (C=O) groups is 1. The molecule has 2 bridgehead atoms. The van der Waals surface area contributed by atoms with Gasteiger partial charge in [0.25, 0.3) is 5.91 Å². The van der Waals surface area contributed by atoms with Crippen molar-refractivity contribution in [2.24, 2.45) is 0 Å². The zero-order valence-electron chi connectivity index (χ0n) is 13.5. The van der Waals surface area contributed by atoms with Crippen LogP contribution in [0.2, 0.25) is 0 Å². The molecule has 2 aliphatic heterocycles. The van der Waals surface area contributed by atoms with Gasteiger partial charge in [0.15, 0.2) is 5.69 Å². The molecule has 0 radical (unpaired) electrons. The number of rotatable bonds is 3. The molecule has 1 unspecified atom stereocenters. The number of aromatic nitrogens is 2. The summed E-state index contributed by atoms with van der Waals surface area (Å²) in [6, 6.07) is 7.05. The second-order valence-corrected chi connectivity index (χ2v) is 6.68. The third-order valence-electron chi connectivity index (χ3n) is 5.42. The molecule has 0 saturated carbocycles. The number of hydrogen-bond donors (Lipinski definition) is 2. The number of amides is 1. The molecule has 2 saturated heterocycles. The lowest BCUT2D eigenvalue weighted by Gasteiger charge is -2.36. The van der Waals surface area contributed by atoms with Gasteiger partial charge in [0.2, 0.25) is 0 Å². The predicted octanol–water partition coefficient (Wildman–Crippen LogP) is 1.93. The molecule has 0 aliphatic carbocycles. The van der Waals surface area contributed by atoms with E-state index in [-0.39, 0.29) is 11.9 Å². The maximum Gasteiger partial charge on any atom is 0.272 e. The van der Waals surface area contributed by atoms with Crippen LogP contribution in [-0.2, 0) is 0 Å². The Morgan fingerprint density at radius 3 is 2.78 bits per heavy atom. The average Bonchev–Trinajstić information content (AvgIpc) is 3.04. The highest BCUT2D eigenvalue weighted by molar-refractivity contribution is 6.05. The van der Waals surface area contributed by atoms with E-state index in [2.05, 4.69) is 27.5 Å². The molecule has 1 amide bonds. The fourth-order valence-electron chi connectivity index (χ4n) is 4.08. The summed E-state index contributed by atoms with van der Waals surface area (Å²) in [7, 11) is 3.82. The standard InChI is InChI=1S/C17H22N4O2/c1-21-11-3-4-12(21)8-10(7-11)18-17(22)16-14-9-13(23-2)5-6-15(14)19-20-16/h5-6,9-12H,3-4,7-8H2,1-2H3,(H,18,22)(H,19,20)/t10?,11-,12+. The second kappa shape index (κ2) is 5.53. The first-order chi connectivity index (χ1) is 11.2. The van der Waals surface area contributed by atoms with Crippen LogP contribution in [-0.4, -0.2) is 53.3 Å². The van der Waals surface area contributed by atoms with E-state index in [1.807, 2.05) is 18.2 Å². The van der Waals surface area contributed by atoms with Crippen LogP contribution >= 0.6 is 0 Å². The molecule has 2 aromatic rings. The minimum atomic E-state index is -0.0987. The number of nitrogens with zero attached hydrogens (tertiary/aromatic N) is 2. The zero-order chi connectivity index (χ0) is 16.0. The number of piperidine rings is 1. The summed E-state index contributed by atoms with van der Waals surface area (Å²) in [4.78, 5) is 15.1. The molecule has 3 heterocycles. The van der Waals surface area contributed by atoms with Crippen molar-refractivity contribution in [3.05, 3.63) is 23.9 Å². The number of aromatic amines is 1. The van der Waals surface area contributed by atoms with Crippen LogP contribution in [0.1, 0.15) is 36.2 Å². The van der Waals surface area contributed by atoms with E-state index in [9.17, 15) is 4.79 Å². The van der Waals surface area contributed by atoms with Crippen molar-refractivity contribution in [2.75, 3.05) is 14.2 Å². The van der Waals surface area contributed by atoms with Crippen LogP contribution in [0, 0.1) is 0 Å². The summed E-state index contributed by atoms with van der Waals surface area (Å²) in [6.45, 7) is 0. The van der Waals surface area contributed by atoms with Gasteiger partial charge in [-0.1, -0.05) is 0 Å². The lowest BCUT2D eigenvalue weighted by atomic mass is 9.98. The lowest BCUT2D eigenvalue weighted by molar-refractivity contribution is 0.0879. The molecule has 1 aromatic heterocycles.